The van der Waals surface area contributed by atoms with E-state index in [-0.39, 0.29) is 24.3 Å². The van der Waals surface area contributed by atoms with Crippen molar-refractivity contribution in [2.75, 3.05) is 10.2 Å². The average molecular weight is 306 g/mol. The first-order valence-corrected chi connectivity index (χ1v) is 7.60. The normalized spacial score (nSPS) is 17.5. The fraction of sp³-hybridized carbons (Fsp3) is 0.158. The van der Waals surface area contributed by atoms with E-state index in [0.717, 1.165) is 11.3 Å². The van der Waals surface area contributed by atoms with Gasteiger partial charge in [-0.25, -0.2) is 0 Å². The maximum atomic E-state index is 12.7. The van der Waals surface area contributed by atoms with Crippen molar-refractivity contribution in [3.05, 3.63) is 66.2 Å². The Morgan fingerprint density at radius 3 is 2.61 bits per heavy atom. The molecule has 0 bridgehead atoms. The Bertz CT molecular complexity index is 753. The van der Waals surface area contributed by atoms with Crippen LogP contribution < -0.4 is 10.2 Å². The summed E-state index contributed by atoms with van der Waals surface area (Å²) in [4.78, 5) is 26.3. The van der Waals surface area contributed by atoms with Crippen LogP contribution in [0.4, 0.5) is 11.4 Å². The first-order chi connectivity index (χ1) is 11.1. The van der Waals surface area contributed by atoms with E-state index in [2.05, 4.69) is 5.32 Å². The van der Waals surface area contributed by atoms with Crippen LogP contribution in [0.3, 0.4) is 0 Å². The van der Waals surface area contributed by atoms with Crippen molar-refractivity contribution in [2.45, 2.75) is 19.4 Å². The van der Waals surface area contributed by atoms with E-state index in [1.807, 2.05) is 61.5 Å². The minimum absolute atomic E-state index is 0.0766. The number of carbonyl (C=O) groups is 2. The highest BCUT2D eigenvalue weighted by atomic mass is 16.2. The van der Waals surface area contributed by atoms with Gasteiger partial charge in [0.05, 0.1) is 11.4 Å². The van der Waals surface area contributed by atoms with Crippen LogP contribution in [0.15, 0.2) is 60.7 Å². The minimum atomic E-state index is -0.202. The molecule has 1 heterocycles. The van der Waals surface area contributed by atoms with Crippen LogP contribution in [0.25, 0.3) is 6.08 Å². The van der Waals surface area contributed by atoms with Crippen molar-refractivity contribution < 1.29 is 9.59 Å². The number of hydrogen-bond donors (Lipinski definition) is 1. The maximum absolute atomic E-state index is 12.7. The lowest BCUT2D eigenvalue weighted by atomic mass is 10.1. The van der Waals surface area contributed by atoms with Crippen molar-refractivity contribution in [2.24, 2.45) is 0 Å². The Kier molecular flexibility index (Phi) is 4.24. The predicted octanol–water partition coefficient (Wildman–Crippen LogP) is 3.46. The molecule has 4 heteroatoms. The molecule has 2 aromatic carbocycles. The molecule has 1 atom stereocenters. The lowest BCUT2D eigenvalue weighted by Crippen LogP contribution is -2.37. The van der Waals surface area contributed by atoms with Gasteiger partial charge >= 0.3 is 0 Å². The van der Waals surface area contributed by atoms with E-state index in [0.29, 0.717) is 5.69 Å². The summed E-state index contributed by atoms with van der Waals surface area (Å²) >= 11 is 0. The number of hydrogen-bond acceptors (Lipinski definition) is 2. The number of para-hydroxylation sites is 2. The molecule has 3 rings (SSSR count). The Morgan fingerprint density at radius 1 is 1.13 bits per heavy atom. The molecule has 0 aliphatic carbocycles. The molecule has 2 aromatic rings. The number of nitrogens with one attached hydrogen (secondary N) is 1. The molecule has 1 aliphatic heterocycles. The van der Waals surface area contributed by atoms with Gasteiger partial charge in [-0.05, 0) is 30.7 Å². The molecule has 0 saturated carbocycles. The Hall–Kier alpha value is -2.88. The lowest BCUT2D eigenvalue weighted by Gasteiger charge is -2.26. The van der Waals surface area contributed by atoms with Crippen molar-refractivity contribution in [3.8, 4) is 0 Å². The van der Waals surface area contributed by atoms with Gasteiger partial charge in [0, 0.05) is 18.5 Å². The van der Waals surface area contributed by atoms with Gasteiger partial charge in [-0.3, -0.25) is 9.59 Å². The van der Waals surface area contributed by atoms with Crippen molar-refractivity contribution in [1.29, 1.82) is 0 Å². The van der Waals surface area contributed by atoms with Crippen LogP contribution in [-0.4, -0.2) is 17.9 Å². The third kappa shape index (κ3) is 3.31. The molecule has 0 fully saturated rings. The highest BCUT2D eigenvalue weighted by Crippen LogP contribution is 2.31. The molecular weight excluding hydrogens is 288 g/mol. The first kappa shape index (κ1) is 15.0. The van der Waals surface area contributed by atoms with Gasteiger partial charge in [-0.2, -0.15) is 0 Å². The molecule has 0 spiro atoms. The second-order valence-corrected chi connectivity index (χ2v) is 5.57. The molecule has 116 valence electrons. The Labute approximate surface area is 135 Å². The Morgan fingerprint density at radius 2 is 1.83 bits per heavy atom. The van der Waals surface area contributed by atoms with E-state index in [9.17, 15) is 9.59 Å². The van der Waals surface area contributed by atoms with E-state index in [1.54, 1.807) is 17.1 Å². The molecule has 1 aliphatic rings. The molecule has 23 heavy (non-hydrogen) atoms. The van der Waals surface area contributed by atoms with Gasteiger partial charge in [0.2, 0.25) is 5.91 Å². The van der Waals surface area contributed by atoms with Crippen LogP contribution in [0, 0.1) is 0 Å². The lowest BCUT2D eigenvalue weighted by molar-refractivity contribution is -0.116. The molecule has 2 amide bonds. The number of nitrogens with zero attached hydrogens (tertiary/aromatic N) is 1. The van der Waals surface area contributed by atoms with E-state index >= 15 is 0 Å². The summed E-state index contributed by atoms with van der Waals surface area (Å²) in [6.07, 6.45) is 3.62. The number of benzene rings is 2. The van der Waals surface area contributed by atoms with Gasteiger partial charge in [0.25, 0.3) is 5.91 Å². The number of fused-ring (bicyclic) bond motifs is 1. The van der Waals surface area contributed by atoms with Gasteiger partial charge in [0.1, 0.15) is 0 Å². The third-order valence-corrected chi connectivity index (χ3v) is 3.81. The molecular formula is C19H18N2O2. The SMILES string of the molecule is C[C@H]1CC(=O)Nc2ccccc2N1C(=O)/C=C\c1ccccc1. The van der Waals surface area contributed by atoms with Crippen molar-refractivity contribution in [1.82, 2.24) is 0 Å². The molecule has 0 saturated heterocycles. The van der Waals surface area contributed by atoms with Gasteiger partial charge < -0.3 is 10.2 Å². The minimum Gasteiger partial charge on any atom is -0.324 e. The molecule has 0 unspecified atom stereocenters. The van der Waals surface area contributed by atoms with Crippen LogP contribution in [-0.2, 0) is 9.59 Å². The number of carbonyl (C=O) groups excluding carboxylic acids is 2. The van der Waals surface area contributed by atoms with Crippen molar-refractivity contribution in [3.63, 3.8) is 0 Å². The summed E-state index contributed by atoms with van der Waals surface area (Å²) in [5, 5.41) is 2.85. The van der Waals surface area contributed by atoms with Crippen LogP contribution in [0.2, 0.25) is 0 Å². The second kappa shape index (κ2) is 6.48. The quantitative estimate of drug-likeness (QED) is 0.864. The van der Waals surface area contributed by atoms with E-state index < -0.39 is 0 Å². The van der Waals surface area contributed by atoms with Crippen LogP contribution in [0.1, 0.15) is 18.9 Å². The smallest absolute Gasteiger partial charge is 0.251 e. The third-order valence-electron chi connectivity index (χ3n) is 3.81. The zero-order valence-corrected chi connectivity index (χ0v) is 12.9. The molecule has 0 radical (unpaired) electrons. The zero-order chi connectivity index (χ0) is 16.2. The van der Waals surface area contributed by atoms with Crippen LogP contribution in [0.5, 0.6) is 0 Å². The molecule has 1 N–H and O–H groups in total. The summed E-state index contributed by atoms with van der Waals surface area (Å²) in [6.45, 7) is 1.88. The Balaban J connectivity index is 1.92. The van der Waals surface area contributed by atoms with E-state index in [4.69, 9.17) is 0 Å². The van der Waals surface area contributed by atoms with Gasteiger partial charge in [-0.1, -0.05) is 42.5 Å². The van der Waals surface area contributed by atoms with E-state index in [1.165, 1.54) is 0 Å². The summed E-state index contributed by atoms with van der Waals surface area (Å²) in [5.74, 6) is -0.211. The summed E-state index contributed by atoms with van der Waals surface area (Å²) in [7, 11) is 0. The second-order valence-electron chi connectivity index (χ2n) is 5.57. The van der Waals surface area contributed by atoms with Gasteiger partial charge in [-0.15, -0.1) is 0 Å². The number of anilines is 2. The predicted molar refractivity (Wildman–Crippen MR) is 92.1 cm³/mol. The zero-order valence-electron chi connectivity index (χ0n) is 12.9. The molecule has 4 nitrogen and oxygen atoms in total. The first-order valence-electron chi connectivity index (χ1n) is 7.60. The largest absolute Gasteiger partial charge is 0.324 e. The highest BCUT2D eigenvalue weighted by Gasteiger charge is 2.28. The average Bonchev–Trinajstić information content (AvgIpc) is 2.68. The summed E-state index contributed by atoms with van der Waals surface area (Å²) in [6, 6.07) is 16.8. The summed E-state index contributed by atoms with van der Waals surface area (Å²) in [5.41, 5.74) is 2.36. The fourth-order valence-corrected chi connectivity index (χ4v) is 2.74. The number of rotatable bonds is 2. The topological polar surface area (TPSA) is 49.4 Å². The summed E-state index contributed by atoms with van der Waals surface area (Å²) < 4.78 is 0. The van der Waals surface area contributed by atoms with Crippen LogP contribution >= 0.6 is 0 Å². The highest BCUT2D eigenvalue weighted by molar-refractivity contribution is 6.09. The number of amides is 2. The monoisotopic (exact) mass is 306 g/mol. The standard InChI is InChI=1S/C19H18N2O2/c1-14-13-18(22)20-16-9-5-6-10-17(16)21(14)19(23)12-11-15-7-3-2-4-8-15/h2-12,14H,13H2,1H3,(H,20,22)/b12-11-/t14-/m0/s1. The van der Waals surface area contributed by atoms with Crippen molar-refractivity contribution >= 4 is 29.3 Å². The maximum Gasteiger partial charge on any atom is 0.251 e. The molecule has 0 aromatic heterocycles. The van der Waals surface area contributed by atoms with Gasteiger partial charge in [0.15, 0.2) is 0 Å². The fourth-order valence-electron chi connectivity index (χ4n) is 2.74.